The Balaban J connectivity index is 1.60. The molecule has 3 rings (SSSR count). The van der Waals surface area contributed by atoms with Crippen molar-refractivity contribution in [2.24, 2.45) is 0 Å². The number of ether oxygens (including phenoxy) is 1. The highest BCUT2D eigenvalue weighted by Crippen LogP contribution is 2.29. The molecule has 0 radical (unpaired) electrons. The van der Waals surface area contributed by atoms with Crippen molar-refractivity contribution in [3.05, 3.63) is 51.7 Å². The number of hydrogen-bond donors (Lipinski definition) is 0. The molecule has 2 aromatic rings. The number of aryl methyl sites for hydroxylation is 2. The molecule has 0 aliphatic heterocycles. The fourth-order valence-corrected chi connectivity index (χ4v) is 3.11. The molecule has 1 heterocycles. The molecule has 0 unspecified atom stereocenters. The fourth-order valence-electron chi connectivity index (χ4n) is 2.41. The van der Waals surface area contributed by atoms with E-state index >= 15 is 0 Å². The molecule has 3 nitrogen and oxygen atoms in total. The van der Waals surface area contributed by atoms with Gasteiger partial charge in [0.25, 0.3) is 5.91 Å². The van der Waals surface area contributed by atoms with Crippen LogP contribution >= 0.6 is 11.3 Å². The zero-order valence-electron chi connectivity index (χ0n) is 13.0. The Kier molecular flexibility index (Phi) is 4.48. The van der Waals surface area contributed by atoms with Gasteiger partial charge in [-0.25, -0.2) is 0 Å². The highest BCUT2D eigenvalue weighted by molar-refractivity contribution is 7.09. The zero-order valence-corrected chi connectivity index (χ0v) is 13.9. The first-order chi connectivity index (χ1) is 10.6. The van der Waals surface area contributed by atoms with E-state index in [-0.39, 0.29) is 12.5 Å². The number of nitrogens with zero attached hydrogens (tertiary/aromatic N) is 1. The molecule has 1 aliphatic carbocycles. The van der Waals surface area contributed by atoms with Crippen LogP contribution in [0.1, 0.15) is 28.8 Å². The van der Waals surface area contributed by atoms with Crippen molar-refractivity contribution in [1.82, 2.24) is 4.90 Å². The van der Waals surface area contributed by atoms with Gasteiger partial charge in [0.2, 0.25) is 0 Å². The second kappa shape index (κ2) is 6.53. The van der Waals surface area contributed by atoms with Crippen LogP contribution in [0.2, 0.25) is 0 Å². The van der Waals surface area contributed by atoms with E-state index in [2.05, 4.69) is 25.3 Å². The second-order valence-corrected chi connectivity index (χ2v) is 6.90. The first-order valence-corrected chi connectivity index (χ1v) is 8.53. The minimum Gasteiger partial charge on any atom is -0.484 e. The molecular weight excluding hydrogens is 294 g/mol. The molecule has 116 valence electrons. The van der Waals surface area contributed by atoms with Gasteiger partial charge in [0.1, 0.15) is 5.75 Å². The minimum absolute atomic E-state index is 0.0779. The van der Waals surface area contributed by atoms with Gasteiger partial charge < -0.3 is 9.64 Å². The Labute approximate surface area is 135 Å². The van der Waals surface area contributed by atoms with Crippen molar-refractivity contribution in [1.29, 1.82) is 0 Å². The summed E-state index contributed by atoms with van der Waals surface area (Å²) >= 11 is 1.70. The van der Waals surface area contributed by atoms with Gasteiger partial charge in [-0.1, -0.05) is 12.1 Å². The van der Waals surface area contributed by atoms with Crippen molar-refractivity contribution >= 4 is 17.2 Å². The number of carbonyl (C=O) groups excluding carboxylic acids is 1. The van der Waals surface area contributed by atoms with Crippen LogP contribution in [0, 0.1) is 13.8 Å². The van der Waals surface area contributed by atoms with E-state index in [0.29, 0.717) is 12.6 Å². The van der Waals surface area contributed by atoms with E-state index in [9.17, 15) is 4.79 Å². The average molecular weight is 315 g/mol. The summed E-state index contributed by atoms with van der Waals surface area (Å²) in [6, 6.07) is 10.5. The molecule has 0 saturated heterocycles. The monoisotopic (exact) mass is 315 g/mol. The predicted octanol–water partition coefficient (Wildman–Crippen LogP) is 3.93. The summed E-state index contributed by atoms with van der Waals surface area (Å²) in [5.41, 5.74) is 2.42. The van der Waals surface area contributed by atoms with Crippen molar-refractivity contribution in [2.45, 2.75) is 39.3 Å². The molecule has 1 saturated carbocycles. The normalized spacial score (nSPS) is 13.9. The fraction of sp³-hybridized carbons (Fsp3) is 0.389. The molecule has 0 spiro atoms. The lowest BCUT2D eigenvalue weighted by Crippen LogP contribution is -2.36. The van der Waals surface area contributed by atoms with Gasteiger partial charge in [-0.2, -0.15) is 0 Å². The molecule has 1 amide bonds. The SMILES string of the molecule is Cc1ccc(OCC(=O)N(Cc2cccs2)C2CC2)cc1C. The Morgan fingerprint density at radius 1 is 1.27 bits per heavy atom. The highest BCUT2D eigenvalue weighted by Gasteiger charge is 2.32. The maximum atomic E-state index is 12.5. The second-order valence-electron chi connectivity index (χ2n) is 5.87. The predicted molar refractivity (Wildman–Crippen MR) is 89.3 cm³/mol. The highest BCUT2D eigenvalue weighted by atomic mass is 32.1. The summed E-state index contributed by atoms with van der Waals surface area (Å²) in [5, 5.41) is 2.05. The number of thiophene rings is 1. The van der Waals surface area contributed by atoms with Crippen molar-refractivity contribution in [3.8, 4) is 5.75 Å². The number of carbonyl (C=O) groups is 1. The summed E-state index contributed by atoms with van der Waals surface area (Å²) in [5.74, 6) is 0.845. The van der Waals surface area contributed by atoms with Crippen molar-refractivity contribution in [3.63, 3.8) is 0 Å². The van der Waals surface area contributed by atoms with Crippen LogP contribution in [-0.4, -0.2) is 23.5 Å². The van der Waals surface area contributed by atoms with Crippen LogP contribution in [0.5, 0.6) is 5.75 Å². The molecular formula is C18H21NO2S. The third kappa shape index (κ3) is 3.69. The lowest BCUT2D eigenvalue weighted by molar-refractivity contribution is -0.134. The van der Waals surface area contributed by atoms with E-state index in [4.69, 9.17) is 4.74 Å². The zero-order chi connectivity index (χ0) is 15.5. The van der Waals surface area contributed by atoms with Gasteiger partial charge in [0.05, 0.1) is 6.54 Å². The minimum atomic E-state index is 0.0779. The average Bonchev–Trinajstić information content (AvgIpc) is 3.22. The third-order valence-corrected chi connectivity index (χ3v) is 4.92. The Bertz CT molecular complexity index is 647. The van der Waals surface area contributed by atoms with Crippen molar-refractivity contribution < 1.29 is 9.53 Å². The van der Waals surface area contributed by atoms with Crippen LogP contribution in [0.15, 0.2) is 35.7 Å². The summed E-state index contributed by atoms with van der Waals surface area (Å²) in [6.07, 6.45) is 2.22. The van der Waals surface area contributed by atoms with Gasteiger partial charge in [-0.3, -0.25) is 4.79 Å². The van der Waals surface area contributed by atoms with Crippen molar-refractivity contribution in [2.75, 3.05) is 6.61 Å². The first kappa shape index (κ1) is 15.1. The lowest BCUT2D eigenvalue weighted by Gasteiger charge is -2.22. The van der Waals surface area contributed by atoms with E-state index in [1.54, 1.807) is 11.3 Å². The topological polar surface area (TPSA) is 29.5 Å². The molecule has 1 aromatic carbocycles. The van der Waals surface area contributed by atoms with Crippen LogP contribution in [0.25, 0.3) is 0 Å². The maximum Gasteiger partial charge on any atom is 0.261 e. The van der Waals surface area contributed by atoms with Crippen LogP contribution < -0.4 is 4.74 Å². The summed E-state index contributed by atoms with van der Waals surface area (Å²) in [7, 11) is 0. The summed E-state index contributed by atoms with van der Waals surface area (Å²) < 4.78 is 5.69. The standard InChI is InChI=1S/C18H21NO2S/c1-13-5-8-16(10-14(13)2)21-12-18(20)19(15-6-7-15)11-17-4-3-9-22-17/h3-5,8-10,15H,6-7,11-12H2,1-2H3. The number of amides is 1. The lowest BCUT2D eigenvalue weighted by atomic mass is 10.1. The van der Waals surface area contributed by atoms with E-state index in [1.807, 2.05) is 29.2 Å². The number of hydrogen-bond acceptors (Lipinski definition) is 3. The molecule has 22 heavy (non-hydrogen) atoms. The molecule has 1 aromatic heterocycles. The van der Waals surface area contributed by atoms with Gasteiger partial charge >= 0.3 is 0 Å². The van der Waals surface area contributed by atoms with E-state index in [1.165, 1.54) is 16.0 Å². The summed E-state index contributed by atoms with van der Waals surface area (Å²) in [6.45, 7) is 4.94. The summed E-state index contributed by atoms with van der Waals surface area (Å²) in [4.78, 5) is 15.7. The molecule has 4 heteroatoms. The number of rotatable bonds is 6. The quantitative estimate of drug-likeness (QED) is 0.808. The maximum absolute atomic E-state index is 12.5. The van der Waals surface area contributed by atoms with Gasteiger partial charge in [-0.15, -0.1) is 11.3 Å². The van der Waals surface area contributed by atoms with Gasteiger partial charge in [-0.05, 0) is 61.4 Å². The van der Waals surface area contributed by atoms with Crippen LogP contribution in [-0.2, 0) is 11.3 Å². The molecule has 1 aliphatic rings. The largest absolute Gasteiger partial charge is 0.484 e. The Morgan fingerprint density at radius 3 is 2.73 bits per heavy atom. The van der Waals surface area contributed by atoms with Gasteiger partial charge in [0.15, 0.2) is 6.61 Å². The first-order valence-electron chi connectivity index (χ1n) is 7.65. The van der Waals surface area contributed by atoms with Gasteiger partial charge in [0, 0.05) is 10.9 Å². The molecule has 1 fully saturated rings. The molecule has 0 atom stereocenters. The molecule has 0 bridgehead atoms. The Morgan fingerprint density at radius 2 is 2.09 bits per heavy atom. The van der Waals surface area contributed by atoms with E-state index < -0.39 is 0 Å². The Hall–Kier alpha value is -1.81. The number of benzene rings is 1. The van der Waals surface area contributed by atoms with Crippen LogP contribution in [0.3, 0.4) is 0 Å². The van der Waals surface area contributed by atoms with Crippen LogP contribution in [0.4, 0.5) is 0 Å². The van der Waals surface area contributed by atoms with E-state index in [0.717, 1.165) is 18.6 Å². The smallest absolute Gasteiger partial charge is 0.261 e. The molecule has 0 N–H and O–H groups in total. The third-order valence-electron chi connectivity index (χ3n) is 4.05.